The van der Waals surface area contributed by atoms with Gasteiger partial charge in [-0.3, -0.25) is 9.59 Å². The number of anilines is 1. The van der Waals surface area contributed by atoms with Crippen molar-refractivity contribution in [1.29, 1.82) is 0 Å². The van der Waals surface area contributed by atoms with Gasteiger partial charge in [-0.15, -0.1) is 0 Å². The number of carboxylic acids is 1. The Hall–Kier alpha value is -1.55. The molecule has 2 aliphatic rings. The molecule has 2 fully saturated rings. The molecular weight excluding hydrogens is 278 g/mol. The highest BCUT2D eigenvalue weighted by molar-refractivity contribution is 6.33. The van der Waals surface area contributed by atoms with Gasteiger partial charge < -0.3 is 10.0 Å². The molecule has 1 saturated carbocycles. The Morgan fingerprint density at radius 2 is 1.90 bits per heavy atom. The minimum atomic E-state index is -0.886. The highest BCUT2D eigenvalue weighted by Gasteiger charge is 2.48. The second-order valence-corrected chi connectivity index (χ2v) is 5.92. The van der Waals surface area contributed by atoms with Crippen LogP contribution in [0.3, 0.4) is 0 Å². The van der Waals surface area contributed by atoms with E-state index in [1.54, 1.807) is 12.1 Å². The molecule has 0 aromatic heterocycles. The molecule has 20 heavy (non-hydrogen) atoms. The third kappa shape index (κ3) is 2.40. The van der Waals surface area contributed by atoms with Crippen molar-refractivity contribution in [3.8, 4) is 0 Å². The number of halogens is 1. The van der Waals surface area contributed by atoms with Crippen LogP contribution in [0, 0.1) is 11.8 Å². The summed E-state index contributed by atoms with van der Waals surface area (Å²) in [5, 5.41) is 9.45. The van der Waals surface area contributed by atoms with Gasteiger partial charge in [0.25, 0.3) is 0 Å². The zero-order chi connectivity index (χ0) is 14.3. The predicted octanol–water partition coefficient (Wildman–Crippen LogP) is 2.84. The van der Waals surface area contributed by atoms with Crippen LogP contribution in [0.2, 0.25) is 5.02 Å². The molecule has 4 nitrogen and oxygen atoms in total. The summed E-state index contributed by atoms with van der Waals surface area (Å²) in [7, 11) is 0. The van der Waals surface area contributed by atoms with Crippen LogP contribution in [0.25, 0.3) is 0 Å². The largest absolute Gasteiger partial charge is 0.481 e. The molecule has 1 N–H and O–H groups in total. The number of carboxylic acid groups (broad SMARTS) is 1. The third-order valence-electron chi connectivity index (χ3n) is 4.12. The number of carbonyl (C=O) groups is 2. The lowest BCUT2D eigenvalue weighted by Crippen LogP contribution is -2.18. The molecule has 0 unspecified atom stereocenters. The average molecular weight is 294 g/mol. The number of carbonyl (C=O) groups excluding carboxylic acids is 1. The van der Waals surface area contributed by atoms with E-state index in [0.29, 0.717) is 17.0 Å². The molecule has 106 valence electrons. The summed E-state index contributed by atoms with van der Waals surface area (Å²) in [5.74, 6) is -1.88. The first-order valence-electron chi connectivity index (χ1n) is 6.89. The molecule has 0 amide bonds. The van der Waals surface area contributed by atoms with Crippen molar-refractivity contribution in [2.24, 2.45) is 11.8 Å². The number of ketones is 1. The Balaban J connectivity index is 1.77. The molecular formula is C15H16ClNO3. The molecule has 2 atom stereocenters. The third-order valence-corrected chi connectivity index (χ3v) is 4.43. The lowest BCUT2D eigenvalue weighted by atomic mass is 10.1. The van der Waals surface area contributed by atoms with Crippen molar-refractivity contribution in [2.75, 3.05) is 18.0 Å². The van der Waals surface area contributed by atoms with Gasteiger partial charge in [-0.1, -0.05) is 11.6 Å². The average Bonchev–Trinajstić information content (AvgIpc) is 3.05. The number of nitrogens with zero attached hydrogens (tertiary/aromatic N) is 1. The standard InChI is InChI=1S/C15H16ClNO3/c16-12-7-9(14(18)10-8-11(10)15(19)20)3-4-13(12)17-5-1-2-6-17/h3-4,7,10-11H,1-2,5-6,8H2,(H,19,20)/t10-,11-/m0/s1. The Morgan fingerprint density at radius 1 is 1.20 bits per heavy atom. The molecule has 0 bridgehead atoms. The Labute approximate surface area is 122 Å². The Morgan fingerprint density at radius 3 is 2.45 bits per heavy atom. The van der Waals surface area contributed by atoms with E-state index in [1.807, 2.05) is 6.07 Å². The van der Waals surface area contributed by atoms with Gasteiger partial charge in [-0.05, 0) is 37.5 Å². The van der Waals surface area contributed by atoms with Crippen molar-refractivity contribution in [3.05, 3.63) is 28.8 Å². The van der Waals surface area contributed by atoms with E-state index in [2.05, 4.69) is 4.90 Å². The molecule has 1 aromatic carbocycles. The Bertz CT molecular complexity index is 566. The van der Waals surface area contributed by atoms with Gasteiger partial charge in [0.1, 0.15) is 0 Å². The van der Waals surface area contributed by atoms with Crippen molar-refractivity contribution >= 4 is 29.0 Å². The molecule has 3 rings (SSSR count). The first kappa shape index (κ1) is 13.4. The summed E-state index contributed by atoms with van der Waals surface area (Å²) in [4.78, 5) is 25.2. The van der Waals surface area contributed by atoms with Crippen LogP contribution < -0.4 is 4.90 Å². The van der Waals surface area contributed by atoms with Gasteiger partial charge in [0.05, 0.1) is 16.6 Å². The van der Waals surface area contributed by atoms with Crippen LogP contribution >= 0.6 is 11.6 Å². The smallest absolute Gasteiger partial charge is 0.307 e. The van der Waals surface area contributed by atoms with E-state index in [0.717, 1.165) is 18.8 Å². The second-order valence-electron chi connectivity index (χ2n) is 5.51. The van der Waals surface area contributed by atoms with Crippen molar-refractivity contribution < 1.29 is 14.7 Å². The van der Waals surface area contributed by atoms with Crippen LogP contribution in [-0.4, -0.2) is 29.9 Å². The van der Waals surface area contributed by atoms with Gasteiger partial charge >= 0.3 is 5.97 Å². The second kappa shape index (κ2) is 5.09. The predicted molar refractivity (Wildman–Crippen MR) is 76.5 cm³/mol. The van der Waals surface area contributed by atoms with Crippen LogP contribution in [-0.2, 0) is 4.79 Å². The maximum absolute atomic E-state index is 12.2. The molecule has 1 heterocycles. The zero-order valence-corrected chi connectivity index (χ0v) is 11.8. The topological polar surface area (TPSA) is 57.6 Å². The minimum Gasteiger partial charge on any atom is -0.481 e. The van der Waals surface area contributed by atoms with E-state index in [4.69, 9.17) is 16.7 Å². The van der Waals surface area contributed by atoms with Gasteiger partial charge in [0, 0.05) is 24.6 Å². The normalized spacial score (nSPS) is 24.8. The summed E-state index contributed by atoms with van der Waals surface area (Å²) >= 11 is 6.27. The van der Waals surface area contributed by atoms with E-state index >= 15 is 0 Å². The van der Waals surface area contributed by atoms with E-state index < -0.39 is 11.9 Å². The molecule has 1 aliphatic carbocycles. The molecule has 1 aliphatic heterocycles. The summed E-state index contributed by atoms with van der Waals surface area (Å²) in [5.41, 5.74) is 1.48. The monoisotopic (exact) mass is 293 g/mol. The fraction of sp³-hybridized carbons (Fsp3) is 0.467. The number of hydrogen-bond donors (Lipinski definition) is 1. The van der Waals surface area contributed by atoms with Gasteiger partial charge in [-0.2, -0.15) is 0 Å². The Kier molecular flexibility index (Phi) is 3.42. The van der Waals surface area contributed by atoms with E-state index in [9.17, 15) is 9.59 Å². The van der Waals surface area contributed by atoms with Crippen LogP contribution in [0.4, 0.5) is 5.69 Å². The maximum atomic E-state index is 12.2. The lowest BCUT2D eigenvalue weighted by molar-refractivity contribution is -0.138. The first-order valence-corrected chi connectivity index (χ1v) is 7.27. The fourth-order valence-electron chi connectivity index (χ4n) is 2.85. The highest BCUT2D eigenvalue weighted by Crippen LogP contribution is 2.42. The van der Waals surface area contributed by atoms with Crippen molar-refractivity contribution in [1.82, 2.24) is 0 Å². The number of rotatable bonds is 4. The summed E-state index contributed by atoms with van der Waals surface area (Å²) in [6, 6.07) is 5.31. The number of benzene rings is 1. The lowest BCUT2D eigenvalue weighted by Gasteiger charge is -2.19. The zero-order valence-electron chi connectivity index (χ0n) is 11.0. The van der Waals surface area contributed by atoms with Crippen molar-refractivity contribution in [2.45, 2.75) is 19.3 Å². The molecule has 1 aromatic rings. The minimum absolute atomic E-state index is 0.104. The van der Waals surface area contributed by atoms with Gasteiger partial charge in [0.2, 0.25) is 0 Å². The molecule has 0 radical (unpaired) electrons. The van der Waals surface area contributed by atoms with Crippen LogP contribution in [0.5, 0.6) is 0 Å². The number of Topliss-reactive ketones (excluding diaryl/α,β-unsaturated/α-hetero) is 1. The van der Waals surface area contributed by atoms with E-state index in [1.165, 1.54) is 12.8 Å². The number of aliphatic carboxylic acids is 1. The van der Waals surface area contributed by atoms with Gasteiger partial charge in [0.15, 0.2) is 5.78 Å². The van der Waals surface area contributed by atoms with Crippen LogP contribution in [0.1, 0.15) is 29.6 Å². The van der Waals surface area contributed by atoms with Crippen molar-refractivity contribution in [3.63, 3.8) is 0 Å². The fourth-order valence-corrected chi connectivity index (χ4v) is 3.15. The summed E-state index contributed by atoms with van der Waals surface area (Å²) < 4.78 is 0. The highest BCUT2D eigenvalue weighted by atomic mass is 35.5. The van der Waals surface area contributed by atoms with Gasteiger partial charge in [-0.25, -0.2) is 0 Å². The quantitative estimate of drug-likeness (QED) is 0.867. The maximum Gasteiger partial charge on any atom is 0.307 e. The van der Waals surface area contributed by atoms with E-state index in [-0.39, 0.29) is 11.7 Å². The summed E-state index contributed by atoms with van der Waals surface area (Å²) in [6.07, 6.45) is 2.78. The number of hydrogen-bond acceptors (Lipinski definition) is 3. The SMILES string of the molecule is O=C(O)[C@H]1C[C@@H]1C(=O)c1ccc(N2CCCC2)c(Cl)c1. The summed E-state index contributed by atoms with van der Waals surface area (Å²) in [6.45, 7) is 1.99. The molecule has 0 spiro atoms. The molecule has 5 heteroatoms. The first-order chi connectivity index (χ1) is 9.58. The molecule has 1 saturated heterocycles. The van der Waals surface area contributed by atoms with Crippen LogP contribution in [0.15, 0.2) is 18.2 Å².